The highest BCUT2D eigenvalue weighted by molar-refractivity contribution is 5.68. The van der Waals surface area contributed by atoms with Gasteiger partial charge in [-0.05, 0) is 12.0 Å². The van der Waals surface area contributed by atoms with E-state index >= 15 is 0 Å². The highest BCUT2D eigenvalue weighted by Gasteiger charge is 2.43. The highest BCUT2D eigenvalue weighted by atomic mass is 16.6. The third-order valence-corrected chi connectivity index (χ3v) is 3.40. The molecule has 6 nitrogen and oxygen atoms in total. The summed E-state index contributed by atoms with van der Waals surface area (Å²) in [6, 6.07) is 9.32. The first-order chi connectivity index (χ1) is 10.2. The second-order valence-electron chi connectivity index (χ2n) is 4.98. The first kappa shape index (κ1) is 15.3. The minimum absolute atomic E-state index is 0.0577. The average Bonchev–Trinajstić information content (AvgIpc) is 2.54. The van der Waals surface area contributed by atoms with Crippen LogP contribution < -0.4 is 5.32 Å². The van der Waals surface area contributed by atoms with Crippen molar-refractivity contribution in [1.29, 1.82) is 0 Å². The smallest absolute Gasteiger partial charge is 0.413 e. The van der Waals surface area contributed by atoms with Gasteiger partial charge < -0.3 is 14.6 Å². The molecule has 0 radical (unpaired) electrons. The maximum Gasteiger partial charge on any atom is 0.413 e. The van der Waals surface area contributed by atoms with Gasteiger partial charge in [0.2, 0.25) is 0 Å². The molecule has 0 bridgehead atoms. The van der Waals surface area contributed by atoms with Crippen LogP contribution >= 0.6 is 0 Å². The van der Waals surface area contributed by atoms with E-state index in [1.165, 1.54) is 0 Å². The number of aliphatic hydroxyl groups is 1. The van der Waals surface area contributed by atoms with E-state index in [2.05, 4.69) is 10.2 Å². The normalized spacial score (nSPS) is 24.9. The SMILES string of the molecule is [C-]#[N+][C@@]1(NC(=O)OCc2ccccc2)CCC(CO)OC1. The average molecular weight is 290 g/mol. The number of rotatable bonds is 4. The van der Waals surface area contributed by atoms with Gasteiger partial charge in [0.25, 0.3) is 0 Å². The van der Waals surface area contributed by atoms with Crippen LogP contribution in [0.5, 0.6) is 0 Å². The van der Waals surface area contributed by atoms with Crippen LogP contribution in [0.2, 0.25) is 0 Å². The number of hydrogen-bond acceptors (Lipinski definition) is 4. The molecule has 0 aromatic heterocycles. The van der Waals surface area contributed by atoms with E-state index in [1.54, 1.807) is 0 Å². The van der Waals surface area contributed by atoms with Crippen molar-refractivity contribution in [2.24, 2.45) is 0 Å². The van der Waals surface area contributed by atoms with Crippen LogP contribution in [-0.4, -0.2) is 36.2 Å². The fourth-order valence-electron chi connectivity index (χ4n) is 2.12. The first-order valence-electron chi connectivity index (χ1n) is 6.77. The summed E-state index contributed by atoms with van der Waals surface area (Å²) in [6.07, 6.45) is 0.0583. The topological polar surface area (TPSA) is 72.2 Å². The van der Waals surface area contributed by atoms with Crippen molar-refractivity contribution in [3.05, 3.63) is 47.3 Å². The third-order valence-electron chi connectivity index (χ3n) is 3.40. The summed E-state index contributed by atoms with van der Waals surface area (Å²) in [7, 11) is 0. The number of aliphatic hydroxyl groups excluding tert-OH is 1. The summed E-state index contributed by atoms with van der Waals surface area (Å²) in [5, 5.41) is 11.6. The lowest BCUT2D eigenvalue weighted by molar-refractivity contribution is -0.0494. The quantitative estimate of drug-likeness (QED) is 0.828. The van der Waals surface area contributed by atoms with Crippen LogP contribution in [0, 0.1) is 6.57 Å². The summed E-state index contributed by atoms with van der Waals surface area (Å²) in [5.74, 6) is 0. The van der Waals surface area contributed by atoms with Crippen molar-refractivity contribution >= 4 is 6.09 Å². The Morgan fingerprint density at radius 3 is 2.86 bits per heavy atom. The summed E-state index contributed by atoms with van der Waals surface area (Å²) >= 11 is 0. The summed E-state index contributed by atoms with van der Waals surface area (Å²) in [4.78, 5) is 15.3. The molecule has 1 unspecified atom stereocenters. The summed E-state index contributed by atoms with van der Waals surface area (Å²) in [5.41, 5.74) is -0.218. The number of nitrogens with one attached hydrogen (secondary N) is 1. The fourth-order valence-corrected chi connectivity index (χ4v) is 2.12. The van der Waals surface area contributed by atoms with E-state index in [0.29, 0.717) is 12.8 Å². The molecule has 0 saturated carbocycles. The van der Waals surface area contributed by atoms with Gasteiger partial charge >= 0.3 is 11.8 Å². The lowest BCUT2D eigenvalue weighted by Crippen LogP contribution is -2.53. The van der Waals surface area contributed by atoms with Crippen molar-refractivity contribution in [3.8, 4) is 0 Å². The molecule has 112 valence electrons. The van der Waals surface area contributed by atoms with E-state index in [-0.39, 0.29) is 25.9 Å². The van der Waals surface area contributed by atoms with Crippen LogP contribution in [0.15, 0.2) is 30.3 Å². The number of amides is 1. The minimum atomic E-state index is -1.10. The van der Waals surface area contributed by atoms with E-state index in [4.69, 9.17) is 21.2 Å². The molecule has 1 saturated heterocycles. The number of carbonyl (C=O) groups is 1. The van der Waals surface area contributed by atoms with E-state index in [9.17, 15) is 4.79 Å². The zero-order valence-corrected chi connectivity index (χ0v) is 11.6. The van der Waals surface area contributed by atoms with Crippen molar-refractivity contribution in [2.45, 2.75) is 31.2 Å². The van der Waals surface area contributed by atoms with Crippen LogP contribution in [0.1, 0.15) is 18.4 Å². The number of benzene rings is 1. The Bertz CT molecular complexity index is 504. The Morgan fingerprint density at radius 2 is 2.29 bits per heavy atom. The second-order valence-corrected chi connectivity index (χ2v) is 4.98. The predicted octanol–water partition coefficient (Wildman–Crippen LogP) is 1.70. The van der Waals surface area contributed by atoms with Gasteiger partial charge in [-0.1, -0.05) is 30.3 Å². The Hall–Kier alpha value is -2.10. The van der Waals surface area contributed by atoms with Gasteiger partial charge in [-0.3, -0.25) is 4.85 Å². The minimum Gasteiger partial charge on any atom is -0.445 e. The molecule has 1 amide bonds. The monoisotopic (exact) mass is 290 g/mol. The Morgan fingerprint density at radius 1 is 1.52 bits per heavy atom. The van der Waals surface area contributed by atoms with E-state index in [0.717, 1.165) is 5.56 Å². The van der Waals surface area contributed by atoms with Gasteiger partial charge in [0.05, 0.1) is 19.1 Å². The van der Waals surface area contributed by atoms with Gasteiger partial charge in [0.1, 0.15) is 13.2 Å². The summed E-state index contributed by atoms with van der Waals surface area (Å²) in [6.45, 7) is 7.40. The molecule has 6 heteroatoms. The zero-order chi connectivity index (χ0) is 15.1. The van der Waals surface area contributed by atoms with Crippen molar-refractivity contribution in [2.75, 3.05) is 13.2 Å². The predicted molar refractivity (Wildman–Crippen MR) is 75.2 cm³/mol. The molecule has 2 N–H and O–H groups in total. The lowest BCUT2D eigenvalue weighted by atomic mass is 9.99. The maximum absolute atomic E-state index is 11.8. The molecule has 0 aliphatic carbocycles. The van der Waals surface area contributed by atoms with Crippen molar-refractivity contribution in [1.82, 2.24) is 5.32 Å². The van der Waals surface area contributed by atoms with Gasteiger partial charge in [-0.2, -0.15) is 0 Å². The Labute approximate surface area is 123 Å². The van der Waals surface area contributed by atoms with Crippen molar-refractivity contribution in [3.63, 3.8) is 0 Å². The van der Waals surface area contributed by atoms with Crippen LogP contribution in [0.4, 0.5) is 4.79 Å². The molecule has 2 atom stereocenters. The molecule has 1 aromatic carbocycles. The lowest BCUT2D eigenvalue weighted by Gasteiger charge is -2.30. The molecule has 0 spiro atoms. The number of hydrogen-bond donors (Lipinski definition) is 2. The Kier molecular flexibility index (Phi) is 5.14. The first-order valence-corrected chi connectivity index (χ1v) is 6.77. The molecule has 1 heterocycles. The number of alkyl carbamates (subject to hydrolysis) is 1. The summed E-state index contributed by atoms with van der Waals surface area (Å²) < 4.78 is 10.5. The molecule has 2 rings (SSSR count). The van der Waals surface area contributed by atoms with E-state index < -0.39 is 11.8 Å². The molecular weight excluding hydrogens is 272 g/mol. The second kappa shape index (κ2) is 7.07. The highest BCUT2D eigenvalue weighted by Crippen LogP contribution is 2.24. The molecule has 21 heavy (non-hydrogen) atoms. The number of ether oxygens (including phenoxy) is 2. The molecule has 1 fully saturated rings. The molecule has 1 aliphatic rings. The standard InChI is InChI=1S/C15H18N2O4/c1-16-15(8-7-13(9-18)21-11-15)17-14(19)20-10-12-5-3-2-4-6-12/h2-6,13,18H,7-11H2,(H,17,19)/t13?,15-/m1/s1. The van der Waals surface area contributed by atoms with Crippen LogP contribution in [-0.2, 0) is 16.1 Å². The Balaban J connectivity index is 1.85. The van der Waals surface area contributed by atoms with Crippen LogP contribution in [0.3, 0.4) is 0 Å². The molecular formula is C15H18N2O4. The number of nitrogens with zero attached hydrogens (tertiary/aromatic N) is 1. The van der Waals surface area contributed by atoms with Gasteiger partial charge in [0, 0.05) is 0 Å². The maximum atomic E-state index is 11.8. The largest absolute Gasteiger partial charge is 0.445 e. The zero-order valence-electron chi connectivity index (χ0n) is 11.6. The molecule has 1 aliphatic heterocycles. The number of carbonyl (C=O) groups excluding carboxylic acids is 1. The fraction of sp³-hybridized carbons (Fsp3) is 0.467. The third kappa shape index (κ3) is 4.18. The van der Waals surface area contributed by atoms with Crippen LogP contribution in [0.25, 0.3) is 4.85 Å². The van der Waals surface area contributed by atoms with Crippen molar-refractivity contribution < 1.29 is 19.4 Å². The molecule has 1 aromatic rings. The van der Waals surface area contributed by atoms with Gasteiger partial charge in [0.15, 0.2) is 0 Å². The van der Waals surface area contributed by atoms with Gasteiger partial charge in [-0.15, -0.1) is 0 Å². The van der Waals surface area contributed by atoms with Gasteiger partial charge in [-0.25, -0.2) is 16.7 Å². The van der Waals surface area contributed by atoms with E-state index in [1.807, 2.05) is 30.3 Å².